The highest BCUT2D eigenvalue weighted by atomic mass is 35.5. The number of carbonyl (C=O) groups is 1. The van der Waals surface area contributed by atoms with Crippen LogP contribution in [0.3, 0.4) is 0 Å². The second-order valence-electron chi connectivity index (χ2n) is 4.56. The first kappa shape index (κ1) is 17.8. The highest BCUT2D eigenvalue weighted by Gasteiger charge is 2.18. The van der Waals surface area contributed by atoms with Gasteiger partial charge in [-0.15, -0.1) is 0 Å². The standard InChI is InChI=1S/C15H12Cl2N2O5/c1-23-13-7-12(14(24-2)6-11(13)17)18-15(20)9-4-3-8(19(21)22)5-10(9)16/h3-7H,1-2H3,(H,18,20). The van der Waals surface area contributed by atoms with E-state index in [9.17, 15) is 14.9 Å². The number of amides is 1. The summed E-state index contributed by atoms with van der Waals surface area (Å²) >= 11 is 12.0. The van der Waals surface area contributed by atoms with E-state index in [-0.39, 0.29) is 16.3 Å². The molecule has 0 saturated carbocycles. The average molecular weight is 371 g/mol. The monoisotopic (exact) mass is 370 g/mol. The second kappa shape index (κ2) is 7.37. The number of nitrogens with zero attached hydrogens (tertiary/aromatic N) is 1. The quantitative estimate of drug-likeness (QED) is 0.629. The molecule has 126 valence electrons. The van der Waals surface area contributed by atoms with Crippen LogP contribution < -0.4 is 14.8 Å². The van der Waals surface area contributed by atoms with E-state index < -0.39 is 10.8 Å². The van der Waals surface area contributed by atoms with Gasteiger partial charge in [-0.3, -0.25) is 14.9 Å². The van der Waals surface area contributed by atoms with Crippen LogP contribution in [-0.2, 0) is 0 Å². The van der Waals surface area contributed by atoms with Crippen molar-refractivity contribution in [3.05, 3.63) is 56.1 Å². The maximum Gasteiger partial charge on any atom is 0.270 e. The van der Waals surface area contributed by atoms with Gasteiger partial charge in [0.05, 0.1) is 40.4 Å². The van der Waals surface area contributed by atoms with Crippen LogP contribution in [0.1, 0.15) is 10.4 Å². The molecule has 0 aromatic heterocycles. The molecule has 0 saturated heterocycles. The molecule has 0 unspecified atom stereocenters. The Morgan fingerprint density at radius 2 is 1.75 bits per heavy atom. The van der Waals surface area contributed by atoms with Crippen molar-refractivity contribution < 1.29 is 19.2 Å². The van der Waals surface area contributed by atoms with E-state index in [1.807, 2.05) is 0 Å². The van der Waals surface area contributed by atoms with Gasteiger partial charge in [-0.25, -0.2) is 0 Å². The zero-order valence-electron chi connectivity index (χ0n) is 12.6. The van der Waals surface area contributed by atoms with Crippen molar-refractivity contribution in [2.45, 2.75) is 0 Å². The Balaban J connectivity index is 2.34. The molecule has 2 rings (SSSR count). The summed E-state index contributed by atoms with van der Waals surface area (Å²) in [6, 6.07) is 6.57. The fourth-order valence-corrected chi connectivity index (χ4v) is 2.44. The van der Waals surface area contributed by atoms with Crippen molar-refractivity contribution in [2.75, 3.05) is 19.5 Å². The number of nitro groups is 1. The fraction of sp³-hybridized carbons (Fsp3) is 0.133. The molecule has 0 atom stereocenters. The number of nitro benzene ring substituents is 1. The predicted octanol–water partition coefficient (Wildman–Crippen LogP) is 4.17. The van der Waals surface area contributed by atoms with Crippen LogP contribution >= 0.6 is 23.2 Å². The molecule has 1 amide bonds. The summed E-state index contributed by atoms with van der Waals surface area (Å²) in [6.07, 6.45) is 0. The highest BCUT2D eigenvalue weighted by molar-refractivity contribution is 6.35. The summed E-state index contributed by atoms with van der Waals surface area (Å²) in [4.78, 5) is 22.5. The fourth-order valence-electron chi connectivity index (χ4n) is 1.95. The Labute approximate surface area is 147 Å². The molecule has 9 heteroatoms. The zero-order chi connectivity index (χ0) is 17.9. The summed E-state index contributed by atoms with van der Waals surface area (Å²) in [5.41, 5.74) is 0.193. The van der Waals surface area contributed by atoms with Crippen LogP contribution in [0.25, 0.3) is 0 Å². The molecule has 0 aliphatic heterocycles. The summed E-state index contributed by atoms with van der Waals surface area (Å²) < 4.78 is 10.3. The SMILES string of the molecule is COc1cc(NC(=O)c2ccc([N+](=O)[O-])cc2Cl)c(OC)cc1Cl. The van der Waals surface area contributed by atoms with Gasteiger partial charge in [0.15, 0.2) is 0 Å². The van der Waals surface area contributed by atoms with Gasteiger partial charge in [0.25, 0.3) is 11.6 Å². The molecule has 0 spiro atoms. The van der Waals surface area contributed by atoms with Gasteiger partial charge in [0.2, 0.25) is 0 Å². The third-order valence-corrected chi connectivity index (χ3v) is 3.74. The van der Waals surface area contributed by atoms with Crippen molar-refractivity contribution >= 4 is 40.5 Å². The number of carbonyl (C=O) groups excluding carboxylic acids is 1. The number of ether oxygens (including phenoxy) is 2. The molecule has 0 aliphatic rings. The van der Waals surface area contributed by atoms with E-state index in [0.29, 0.717) is 22.2 Å². The summed E-state index contributed by atoms with van der Waals surface area (Å²) in [5, 5.41) is 13.6. The number of rotatable bonds is 5. The summed E-state index contributed by atoms with van der Waals surface area (Å²) in [7, 11) is 2.86. The van der Waals surface area contributed by atoms with Crippen LogP contribution in [0.4, 0.5) is 11.4 Å². The molecule has 0 heterocycles. The minimum Gasteiger partial charge on any atom is -0.495 e. The maximum atomic E-state index is 12.4. The number of methoxy groups -OCH3 is 2. The molecule has 0 bridgehead atoms. The summed E-state index contributed by atoms with van der Waals surface area (Å²) in [5.74, 6) is 0.118. The van der Waals surface area contributed by atoms with Gasteiger partial charge in [0, 0.05) is 24.3 Å². The van der Waals surface area contributed by atoms with Crippen molar-refractivity contribution in [2.24, 2.45) is 0 Å². The lowest BCUT2D eigenvalue weighted by atomic mass is 10.2. The highest BCUT2D eigenvalue weighted by Crippen LogP contribution is 2.36. The Morgan fingerprint density at radius 3 is 2.29 bits per heavy atom. The van der Waals surface area contributed by atoms with Gasteiger partial charge in [0.1, 0.15) is 11.5 Å². The first-order chi connectivity index (χ1) is 11.4. The molecule has 0 fully saturated rings. The Bertz CT molecular complexity index is 811. The Hall–Kier alpha value is -2.51. The third-order valence-electron chi connectivity index (χ3n) is 3.13. The maximum absolute atomic E-state index is 12.4. The smallest absolute Gasteiger partial charge is 0.270 e. The molecule has 1 N–H and O–H groups in total. The van der Waals surface area contributed by atoms with Crippen molar-refractivity contribution in [1.29, 1.82) is 0 Å². The number of non-ortho nitro benzene ring substituents is 1. The molecule has 0 aliphatic carbocycles. The Kier molecular flexibility index (Phi) is 5.48. The zero-order valence-corrected chi connectivity index (χ0v) is 14.1. The first-order valence-electron chi connectivity index (χ1n) is 6.54. The average Bonchev–Trinajstić information content (AvgIpc) is 2.55. The van der Waals surface area contributed by atoms with E-state index in [1.54, 1.807) is 0 Å². The number of benzene rings is 2. The first-order valence-corrected chi connectivity index (χ1v) is 7.29. The van der Waals surface area contributed by atoms with E-state index in [1.165, 1.54) is 38.5 Å². The number of nitrogens with one attached hydrogen (secondary N) is 1. The molecular weight excluding hydrogens is 359 g/mol. The van der Waals surface area contributed by atoms with Crippen molar-refractivity contribution in [1.82, 2.24) is 0 Å². The number of anilines is 1. The van der Waals surface area contributed by atoms with E-state index in [4.69, 9.17) is 32.7 Å². The lowest BCUT2D eigenvalue weighted by molar-refractivity contribution is -0.384. The topological polar surface area (TPSA) is 90.7 Å². The van der Waals surface area contributed by atoms with Gasteiger partial charge in [-0.05, 0) is 6.07 Å². The van der Waals surface area contributed by atoms with E-state index >= 15 is 0 Å². The third kappa shape index (κ3) is 3.69. The molecule has 7 nitrogen and oxygen atoms in total. The predicted molar refractivity (Wildman–Crippen MR) is 90.6 cm³/mol. The normalized spacial score (nSPS) is 10.2. The molecule has 2 aromatic rings. The van der Waals surface area contributed by atoms with Gasteiger partial charge in [-0.2, -0.15) is 0 Å². The van der Waals surface area contributed by atoms with E-state index in [2.05, 4.69) is 5.32 Å². The van der Waals surface area contributed by atoms with Crippen LogP contribution in [0.15, 0.2) is 30.3 Å². The number of hydrogen-bond donors (Lipinski definition) is 1. The number of hydrogen-bond acceptors (Lipinski definition) is 5. The minimum absolute atomic E-state index is 0.0402. The molecule has 24 heavy (non-hydrogen) atoms. The lowest BCUT2D eigenvalue weighted by Gasteiger charge is -2.13. The van der Waals surface area contributed by atoms with E-state index in [0.717, 1.165) is 6.07 Å². The largest absolute Gasteiger partial charge is 0.495 e. The number of halogens is 2. The molecule has 0 radical (unpaired) electrons. The van der Waals surface area contributed by atoms with Crippen molar-refractivity contribution in [3.63, 3.8) is 0 Å². The lowest BCUT2D eigenvalue weighted by Crippen LogP contribution is -2.13. The molecular formula is C15H12Cl2N2O5. The Morgan fingerprint density at radius 1 is 1.08 bits per heavy atom. The van der Waals surface area contributed by atoms with Gasteiger partial charge >= 0.3 is 0 Å². The van der Waals surface area contributed by atoms with Crippen LogP contribution in [0.2, 0.25) is 10.0 Å². The van der Waals surface area contributed by atoms with Crippen LogP contribution in [-0.4, -0.2) is 25.1 Å². The summed E-state index contributed by atoms with van der Waals surface area (Å²) in [6.45, 7) is 0. The van der Waals surface area contributed by atoms with Crippen LogP contribution in [0, 0.1) is 10.1 Å². The van der Waals surface area contributed by atoms with Gasteiger partial charge in [-0.1, -0.05) is 23.2 Å². The second-order valence-corrected chi connectivity index (χ2v) is 5.38. The molecule has 2 aromatic carbocycles. The van der Waals surface area contributed by atoms with Gasteiger partial charge < -0.3 is 14.8 Å². The van der Waals surface area contributed by atoms with Crippen molar-refractivity contribution in [3.8, 4) is 11.5 Å². The van der Waals surface area contributed by atoms with Crippen LogP contribution in [0.5, 0.6) is 11.5 Å². The minimum atomic E-state index is -0.597.